The van der Waals surface area contributed by atoms with Gasteiger partial charge < -0.3 is 20.2 Å². The van der Waals surface area contributed by atoms with Crippen LogP contribution in [0.15, 0.2) is 48.5 Å². The minimum atomic E-state index is -0.573. The summed E-state index contributed by atoms with van der Waals surface area (Å²) in [5.74, 6) is -0.192. The van der Waals surface area contributed by atoms with Crippen molar-refractivity contribution in [2.45, 2.75) is 25.4 Å². The Morgan fingerprint density at radius 3 is 2.55 bits per heavy atom. The molecule has 1 heterocycles. The molecule has 1 aliphatic heterocycles. The molecule has 29 heavy (non-hydrogen) atoms. The number of hydrogen-bond donors (Lipinski definition) is 2. The highest BCUT2D eigenvalue weighted by Crippen LogP contribution is 2.24. The van der Waals surface area contributed by atoms with Crippen molar-refractivity contribution in [2.24, 2.45) is 0 Å². The zero-order chi connectivity index (χ0) is 20.8. The summed E-state index contributed by atoms with van der Waals surface area (Å²) in [7, 11) is 0. The lowest BCUT2D eigenvalue weighted by Crippen LogP contribution is -2.49. The molecule has 2 aromatic carbocycles. The molecule has 3 rings (SSSR count). The van der Waals surface area contributed by atoms with Gasteiger partial charge >= 0.3 is 6.03 Å². The second kappa shape index (κ2) is 9.96. The maximum atomic E-state index is 13.2. The van der Waals surface area contributed by atoms with Crippen LogP contribution < -0.4 is 5.32 Å². The summed E-state index contributed by atoms with van der Waals surface area (Å²) in [6, 6.07) is 13.2. The maximum Gasteiger partial charge on any atom is 0.322 e. The molecule has 0 aromatic heterocycles. The molecule has 154 valence electrons. The van der Waals surface area contributed by atoms with Gasteiger partial charge in [-0.25, -0.2) is 4.79 Å². The number of rotatable bonds is 6. The molecule has 2 N–H and O–H groups in total. The molecule has 1 saturated heterocycles. The summed E-state index contributed by atoms with van der Waals surface area (Å²) >= 11 is 12.1. The van der Waals surface area contributed by atoms with Crippen LogP contribution >= 0.6 is 23.2 Å². The van der Waals surface area contributed by atoms with Gasteiger partial charge in [0.25, 0.3) is 0 Å². The highest BCUT2D eigenvalue weighted by Gasteiger charge is 2.36. The largest absolute Gasteiger partial charge is 0.395 e. The third-order valence-corrected chi connectivity index (χ3v) is 5.52. The molecule has 3 amide bonds. The minimum absolute atomic E-state index is 0.167. The number of likely N-dealkylation sites (tertiary alicyclic amines) is 1. The lowest BCUT2D eigenvalue weighted by atomic mass is 10.1. The number of halogens is 2. The molecule has 0 aliphatic carbocycles. The first-order valence-corrected chi connectivity index (χ1v) is 10.2. The van der Waals surface area contributed by atoms with Gasteiger partial charge in [0.15, 0.2) is 0 Å². The van der Waals surface area contributed by atoms with Gasteiger partial charge in [0.05, 0.1) is 6.61 Å². The van der Waals surface area contributed by atoms with Crippen LogP contribution in [-0.2, 0) is 11.3 Å². The predicted molar refractivity (Wildman–Crippen MR) is 114 cm³/mol. The maximum absolute atomic E-state index is 13.2. The van der Waals surface area contributed by atoms with E-state index in [1.54, 1.807) is 40.1 Å². The van der Waals surface area contributed by atoms with E-state index < -0.39 is 6.04 Å². The molecule has 6 nitrogen and oxygen atoms in total. The zero-order valence-electron chi connectivity index (χ0n) is 15.9. The summed E-state index contributed by atoms with van der Waals surface area (Å²) in [4.78, 5) is 29.0. The second-order valence-corrected chi connectivity index (χ2v) is 7.71. The molecule has 0 radical (unpaired) electrons. The van der Waals surface area contributed by atoms with Crippen LogP contribution in [0.3, 0.4) is 0 Å². The lowest BCUT2D eigenvalue weighted by molar-refractivity contribution is -0.136. The number of urea groups is 1. The average molecular weight is 436 g/mol. The van der Waals surface area contributed by atoms with Gasteiger partial charge in [-0.2, -0.15) is 0 Å². The Bertz CT molecular complexity index is 861. The summed E-state index contributed by atoms with van der Waals surface area (Å²) in [6.45, 7) is 0.782. The fourth-order valence-electron chi connectivity index (χ4n) is 3.43. The van der Waals surface area contributed by atoms with E-state index in [1.165, 1.54) is 0 Å². The molecular weight excluding hydrogens is 413 g/mol. The number of anilines is 1. The Hall–Kier alpha value is -2.28. The number of benzene rings is 2. The number of hydrogen-bond acceptors (Lipinski definition) is 3. The zero-order valence-corrected chi connectivity index (χ0v) is 17.4. The molecule has 0 bridgehead atoms. The Balaban J connectivity index is 1.71. The van der Waals surface area contributed by atoms with Crippen LogP contribution in [0, 0.1) is 0 Å². The van der Waals surface area contributed by atoms with Crippen molar-refractivity contribution < 1.29 is 14.7 Å². The van der Waals surface area contributed by atoms with Gasteiger partial charge in [0.1, 0.15) is 6.04 Å². The normalized spacial score (nSPS) is 16.0. The van der Waals surface area contributed by atoms with Crippen molar-refractivity contribution >= 4 is 40.8 Å². The molecule has 1 fully saturated rings. The Morgan fingerprint density at radius 2 is 1.86 bits per heavy atom. The summed E-state index contributed by atoms with van der Waals surface area (Å²) in [5.41, 5.74) is 1.41. The van der Waals surface area contributed by atoms with E-state index in [0.29, 0.717) is 28.7 Å². The molecular formula is C21H23Cl2N3O3. The van der Waals surface area contributed by atoms with Gasteiger partial charge in [-0.1, -0.05) is 41.4 Å². The van der Waals surface area contributed by atoms with Gasteiger partial charge in [-0.05, 0) is 48.7 Å². The molecule has 1 aliphatic rings. The highest BCUT2D eigenvalue weighted by molar-refractivity contribution is 6.31. The fraction of sp³-hybridized carbons (Fsp3) is 0.333. The average Bonchev–Trinajstić information content (AvgIpc) is 3.20. The minimum Gasteiger partial charge on any atom is -0.395 e. The van der Waals surface area contributed by atoms with Crippen molar-refractivity contribution in [3.05, 3.63) is 64.1 Å². The molecule has 0 saturated carbocycles. The number of carbonyl (C=O) groups excluding carboxylic acids is 2. The Labute approximate surface area is 180 Å². The standard InChI is InChI=1S/C21H23Cl2N3O3/c22-16-7-9-17(10-8-16)24-21(29)26-11-3-6-19(26)20(28)25(12-13-27)14-15-4-1-2-5-18(15)23/h1-2,4-5,7-10,19,27H,3,6,11-14H2,(H,24,29)/t19-/m1/s1. The quantitative estimate of drug-likeness (QED) is 0.719. The van der Waals surface area contributed by atoms with Crippen LogP contribution in [0.1, 0.15) is 18.4 Å². The number of nitrogens with zero attached hydrogens (tertiary/aromatic N) is 2. The molecule has 1 atom stereocenters. The van der Waals surface area contributed by atoms with Crippen LogP contribution in [0.4, 0.5) is 10.5 Å². The number of nitrogens with one attached hydrogen (secondary N) is 1. The number of aliphatic hydroxyl groups excluding tert-OH is 1. The van der Waals surface area contributed by atoms with E-state index in [9.17, 15) is 14.7 Å². The van der Waals surface area contributed by atoms with Crippen LogP contribution in [-0.4, -0.2) is 52.6 Å². The van der Waals surface area contributed by atoms with Crippen molar-refractivity contribution in [2.75, 3.05) is 25.0 Å². The third-order valence-electron chi connectivity index (χ3n) is 4.89. The first kappa shape index (κ1) is 21.4. The van der Waals surface area contributed by atoms with Gasteiger partial charge in [0, 0.05) is 35.4 Å². The number of carbonyl (C=O) groups is 2. The van der Waals surface area contributed by atoms with E-state index in [-0.39, 0.29) is 31.6 Å². The lowest BCUT2D eigenvalue weighted by Gasteiger charge is -2.30. The van der Waals surface area contributed by atoms with Gasteiger partial charge in [-0.15, -0.1) is 0 Å². The van der Waals surface area contributed by atoms with E-state index in [4.69, 9.17) is 23.2 Å². The third kappa shape index (κ3) is 5.41. The van der Waals surface area contributed by atoms with E-state index >= 15 is 0 Å². The van der Waals surface area contributed by atoms with E-state index in [2.05, 4.69) is 5.32 Å². The summed E-state index contributed by atoms with van der Waals surface area (Å²) in [6.07, 6.45) is 1.32. The van der Waals surface area contributed by atoms with Crippen molar-refractivity contribution in [3.8, 4) is 0 Å². The smallest absolute Gasteiger partial charge is 0.322 e. The van der Waals surface area contributed by atoms with E-state index in [0.717, 1.165) is 12.0 Å². The first-order valence-electron chi connectivity index (χ1n) is 9.46. The Kier molecular flexibility index (Phi) is 7.36. The monoisotopic (exact) mass is 435 g/mol. The molecule has 0 unspecified atom stereocenters. The topological polar surface area (TPSA) is 72.9 Å². The summed E-state index contributed by atoms with van der Waals surface area (Å²) < 4.78 is 0. The van der Waals surface area contributed by atoms with Gasteiger partial charge in [-0.3, -0.25) is 4.79 Å². The van der Waals surface area contributed by atoms with Crippen LogP contribution in [0.5, 0.6) is 0 Å². The molecule has 0 spiro atoms. The predicted octanol–water partition coefficient (Wildman–Crippen LogP) is 4.01. The molecule has 2 aromatic rings. The molecule has 8 heteroatoms. The Morgan fingerprint density at radius 1 is 1.14 bits per heavy atom. The van der Waals surface area contributed by atoms with E-state index in [1.807, 2.05) is 18.2 Å². The van der Waals surface area contributed by atoms with Crippen LogP contribution in [0.2, 0.25) is 10.0 Å². The first-order chi connectivity index (χ1) is 14.0. The van der Waals surface area contributed by atoms with Crippen LogP contribution in [0.25, 0.3) is 0 Å². The van der Waals surface area contributed by atoms with Gasteiger partial charge in [0.2, 0.25) is 5.91 Å². The number of amides is 3. The number of aliphatic hydroxyl groups is 1. The van der Waals surface area contributed by atoms with Crippen molar-refractivity contribution in [3.63, 3.8) is 0 Å². The fourth-order valence-corrected chi connectivity index (χ4v) is 3.75. The van der Waals surface area contributed by atoms with Crippen molar-refractivity contribution in [1.29, 1.82) is 0 Å². The summed E-state index contributed by atoms with van der Waals surface area (Å²) in [5, 5.41) is 13.4. The second-order valence-electron chi connectivity index (χ2n) is 6.86. The SMILES string of the molecule is O=C([C@H]1CCCN1C(=O)Nc1ccc(Cl)cc1)N(CCO)Cc1ccccc1Cl. The highest BCUT2D eigenvalue weighted by atomic mass is 35.5. The van der Waals surface area contributed by atoms with Crippen molar-refractivity contribution in [1.82, 2.24) is 9.80 Å².